The summed E-state index contributed by atoms with van der Waals surface area (Å²) in [6.07, 6.45) is 2.66. The molecule has 1 atom stereocenters. The van der Waals surface area contributed by atoms with Gasteiger partial charge in [-0.2, -0.15) is 0 Å². The summed E-state index contributed by atoms with van der Waals surface area (Å²) >= 11 is 0. The maximum atomic E-state index is 12.0. The highest BCUT2D eigenvalue weighted by Gasteiger charge is 2.32. The summed E-state index contributed by atoms with van der Waals surface area (Å²) in [5.74, 6) is 0.925. The topological polar surface area (TPSA) is 34.1 Å². The van der Waals surface area contributed by atoms with E-state index in [1.54, 1.807) is 0 Å². The molecule has 0 spiro atoms. The van der Waals surface area contributed by atoms with E-state index in [0.29, 0.717) is 25.2 Å². The van der Waals surface area contributed by atoms with Crippen LogP contribution in [0.2, 0.25) is 0 Å². The Morgan fingerprint density at radius 2 is 1.65 bits per heavy atom. The molecule has 0 radical (unpaired) electrons. The van der Waals surface area contributed by atoms with Gasteiger partial charge in [-0.05, 0) is 17.8 Å². The number of hydrogen-bond donors (Lipinski definition) is 0. The Hall–Kier alpha value is -0.660. The van der Waals surface area contributed by atoms with E-state index in [2.05, 4.69) is 13.8 Å². The van der Waals surface area contributed by atoms with Crippen LogP contribution in [0.25, 0.3) is 0 Å². The van der Waals surface area contributed by atoms with Gasteiger partial charge < -0.3 is 0 Å². The third kappa shape index (κ3) is 5.99. The molecular weight excluding hydrogens is 212 g/mol. The number of ketones is 2. The van der Waals surface area contributed by atoms with Crippen molar-refractivity contribution in [2.24, 2.45) is 17.3 Å². The predicted octanol–water partition coefficient (Wildman–Crippen LogP) is 4.02. The summed E-state index contributed by atoms with van der Waals surface area (Å²) < 4.78 is 0. The standard InChI is InChI=1S/C15H28O2/c1-7-8-13(16)10-15(5,6)12(4)14(17)9-11(2)3/h11-12H,7-10H2,1-6H3. The first-order chi connectivity index (χ1) is 7.70. The number of carbonyl (C=O) groups excluding carboxylic acids is 2. The molecule has 1 unspecified atom stereocenters. The zero-order chi connectivity index (χ0) is 13.6. The summed E-state index contributed by atoms with van der Waals surface area (Å²) in [5.41, 5.74) is -0.210. The highest BCUT2D eigenvalue weighted by atomic mass is 16.1. The molecule has 0 heterocycles. The van der Waals surface area contributed by atoms with Crippen molar-refractivity contribution in [3.63, 3.8) is 0 Å². The van der Waals surface area contributed by atoms with Crippen LogP contribution in [0.4, 0.5) is 0 Å². The SMILES string of the molecule is CCCC(=O)CC(C)(C)C(C)C(=O)CC(C)C. The van der Waals surface area contributed by atoms with E-state index in [4.69, 9.17) is 0 Å². The number of rotatable bonds is 8. The highest BCUT2D eigenvalue weighted by Crippen LogP contribution is 2.33. The molecule has 0 saturated carbocycles. The molecule has 0 aliphatic heterocycles. The summed E-state index contributed by atoms with van der Waals surface area (Å²) in [5, 5.41) is 0. The van der Waals surface area contributed by atoms with Crippen molar-refractivity contribution in [3.05, 3.63) is 0 Å². The highest BCUT2D eigenvalue weighted by molar-refractivity contribution is 5.84. The van der Waals surface area contributed by atoms with Crippen LogP contribution in [0, 0.1) is 17.3 Å². The second kappa shape index (κ2) is 6.93. The van der Waals surface area contributed by atoms with Gasteiger partial charge in [0.15, 0.2) is 0 Å². The predicted molar refractivity (Wildman–Crippen MR) is 71.9 cm³/mol. The lowest BCUT2D eigenvalue weighted by Gasteiger charge is -2.30. The van der Waals surface area contributed by atoms with Crippen molar-refractivity contribution in [3.8, 4) is 0 Å². The molecule has 0 aromatic rings. The first kappa shape index (κ1) is 16.3. The van der Waals surface area contributed by atoms with Crippen molar-refractivity contribution < 1.29 is 9.59 Å². The summed E-state index contributed by atoms with van der Waals surface area (Å²) in [7, 11) is 0. The average molecular weight is 240 g/mol. The van der Waals surface area contributed by atoms with Gasteiger partial charge in [0.1, 0.15) is 11.6 Å². The van der Waals surface area contributed by atoms with Crippen LogP contribution in [0.3, 0.4) is 0 Å². The van der Waals surface area contributed by atoms with Gasteiger partial charge in [0.2, 0.25) is 0 Å². The van der Waals surface area contributed by atoms with Crippen LogP contribution in [-0.2, 0) is 9.59 Å². The van der Waals surface area contributed by atoms with E-state index < -0.39 is 0 Å². The Labute approximate surface area is 106 Å². The van der Waals surface area contributed by atoms with Gasteiger partial charge in [0.05, 0.1) is 0 Å². The Morgan fingerprint density at radius 3 is 2.06 bits per heavy atom. The fourth-order valence-corrected chi connectivity index (χ4v) is 2.04. The molecule has 2 nitrogen and oxygen atoms in total. The first-order valence-electron chi connectivity index (χ1n) is 6.75. The molecule has 17 heavy (non-hydrogen) atoms. The van der Waals surface area contributed by atoms with Crippen LogP contribution >= 0.6 is 0 Å². The molecule has 0 aliphatic carbocycles. The second-order valence-electron chi connectivity index (χ2n) is 6.24. The van der Waals surface area contributed by atoms with E-state index in [1.165, 1.54) is 0 Å². The fourth-order valence-electron chi connectivity index (χ4n) is 2.04. The maximum Gasteiger partial charge on any atom is 0.136 e. The molecular formula is C15H28O2. The largest absolute Gasteiger partial charge is 0.300 e. The minimum Gasteiger partial charge on any atom is -0.300 e. The van der Waals surface area contributed by atoms with Crippen molar-refractivity contribution in [1.29, 1.82) is 0 Å². The monoisotopic (exact) mass is 240 g/mol. The molecule has 0 N–H and O–H groups in total. The van der Waals surface area contributed by atoms with Crippen molar-refractivity contribution in [2.75, 3.05) is 0 Å². The zero-order valence-electron chi connectivity index (χ0n) is 12.3. The van der Waals surface area contributed by atoms with Crippen molar-refractivity contribution in [2.45, 2.75) is 67.2 Å². The molecule has 0 aromatic heterocycles. The molecule has 0 bridgehead atoms. The van der Waals surface area contributed by atoms with Gasteiger partial charge in [-0.1, -0.05) is 41.5 Å². The quantitative estimate of drug-likeness (QED) is 0.642. The number of Topliss-reactive ketones (excluding diaryl/α,β-unsaturated/α-hetero) is 2. The average Bonchev–Trinajstić information content (AvgIpc) is 2.14. The van der Waals surface area contributed by atoms with E-state index in [0.717, 1.165) is 6.42 Å². The van der Waals surface area contributed by atoms with Gasteiger partial charge in [-0.25, -0.2) is 0 Å². The number of carbonyl (C=O) groups is 2. The minimum atomic E-state index is -0.210. The lowest BCUT2D eigenvalue weighted by atomic mass is 9.72. The van der Waals surface area contributed by atoms with E-state index in [-0.39, 0.29) is 22.9 Å². The van der Waals surface area contributed by atoms with Gasteiger partial charge in [0.25, 0.3) is 0 Å². The van der Waals surface area contributed by atoms with Gasteiger partial charge >= 0.3 is 0 Å². The summed E-state index contributed by atoms with van der Waals surface area (Å²) in [6, 6.07) is 0. The lowest BCUT2D eigenvalue weighted by molar-refractivity contribution is -0.128. The normalized spacial score (nSPS) is 13.8. The molecule has 0 amide bonds. The second-order valence-corrected chi connectivity index (χ2v) is 6.24. The molecule has 0 aliphatic rings. The smallest absolute Gasteiger partial charge is 0.136 e. The van der Waals surface area contributed by atoms with Gasteiger partial charge in [0, 0.05) is 25.2 Å². The molecule has 100 valence electrons. The molecule has 0 rings (SSSR count). The fraction of sp³-hybridized carbons (Fsp3) is 0.867. The zero-order valence-corrected chi connectivity index (χ0v) is 12.3. The van der Waals surface area contributed by atoms with Crippen LogP contribution in [0.15, 0.2) is 0 Å². The minimum absolute atomic E-state index is 0.0364. The Bertz CT molecular complexity index is 264. The summed E-state index contributed by atoms with van der Waals surface area (Å²) in [6.45, 7) is 12.1. The van der Waals surface area contributed by atoms with Gasteiger partial charge in [-0.15, -0.1) is 0 Å². The van der Waals surface area contributed by atoms with Crippen LogP contribution < -0.4 is 0 Å². The number of hydrogen-bond acceptors (Lipinski definition) is 2. The third-order valence-corrected chi connectivity index (χ3v) is 3.45. The van der Waals surface area contributed by atoms with Gasteiger partial charge in [-0.3, -0.25) is 9.59 Å². The maximum absolute atomic E-state index is 12.0. The van der Waals surface area contributed by atoms with Crippen molar-refractivity contribution in [1.82, 2.24) is 0 Å². The van der Waals surface area contributed by atoms with Crippen molar-refractivity contribution >= 4 is 11.6 Å². The third-order valence-electron chi connectivity index (χ3n) is 3.45. The molecule has 0 fully saturated rings. The van der Waals surface area contributed by atoms with E-state index >= 15 is 0 Å². The van der Waals surface area contributed by atoms with Crippen LogP contribution in [0.1, 0.15) is 67.2 Å². The first-order valence-corrected chi connectivity index (χ1v) is 6.75. The lowest BCUT2D eigenvalue weighted by Crippen LogP contribution is -2.31. The van der Waals surface area contributed by atoms with Crippen LogP contribution in [0.5, 0.6) is 0 Å². The summed E-state index contributed by atoms with van der Waals surface area (Å²) in [4.78, 5) is 23.7. The van der Waals surface area contributed by atoms with E-state index in [9.17, 15) is 9.59 Å². The van der Waals surface area contributed by atoms with Crippen LogP contribution in [-0.4, -0.2) is 11.6 Å². The Balaban J connectivity index is 4.47. The van der Waals surface area contributed by atoms with E-state index in [1.807, 2.05) is 27.7 Å². The Morgan fingerprint density at radius 1 is 1.12 bits per heavy atom. The molecule has 0 saturated heterocycles. The Kier molecular flexibility index (Phi) is 6.66. The molecule has 0 aromatic carbocycles. The molecule has 2 heteroatoms.